The normalized spacial score (nSPS) is 32.2. The molecule has 7 nitrogen and oxygen atoms in total. The van der Waals surface area contributed by atoms with Crippen molar-refractivity contribution in [3.63, 3.8) is 0 Å². The third-order valence-electron chi connectivity index (χ3n) is 8.13. The van der Waals surface area contributed by atoms with E-state index in [1.54, 1.807) is 6.07 Å². The molecule has 8 heteroatoms. The molecule has 4 aliphatic rings. The molecule has 1 aromatic carbocycles. The van der Waals surface area contributed by atoms with E-state index in [9.17, 15) is 0 Å². The number of nitrogens with one attached hydrogen (secondary N) is 5. The summed E-state index contributed by atoms with van der Waals surface area (Å²) in [4.78, 5) is 0. The van der Waals surface area contributed by atoms with Gasteiger partial charge in [0.15, 0.2) is 17.3 Å². The molecule has 0 bridgehead atoms. The van der Waals surface area contributed by atoms with Gasteiger partial charge >= 0.3 is 0 Å². The summed E-state index contributed by atoms with van der Waals surface area (Å²) in [5.41, 5.74) is 1.93. The van der Waals surface area contributed by atoms with Gasteiger partial charge in [-0.05, 0) is 45.2 Å². The van der Waals surface area contributed by atoms with Crippen LogP contribution in [0.4, 0.5) is 10.1 Å². The van der Waals surface area contributed by atoms with Gasteiger partial charge in [0, 0.05) is 30.6 Å². The maximum Gasteiger partial charge on any atom is 0.231 e. The third-order valence-corrected chi connectivity index (χ3v) is 8.13. The molecule has 1 aromatic rings. The minimum Gasteiger partial charge on any atom is -0.453 e. The van der Waals surface area contributed by atoms with Gasteiger partial charge < -0.3 is 25.4 Å². The summed E-state index contributed by atoms with van der Waals surface area (Å²) in [6.07, 6.45) is 10.3. The number of hydrogen-bond acceptors (Lipinski definition) is 7. The number of anilines is 1. The number of halogens is 1. The summed E-state index contributed by atoms with van der Waals surface area (Å²) < 4.78 is 27.4. The van der Waals surface area contributed by atoms with Crippen LogP contribution in [-0.4, -0.2) is 44.9 Å². The van der Waals surface area contributed by atoms with Crippen LogP contribution in [0.25, 0.3) is 5.57 Å². The van der Waals surface area contributed by atoms with Gasteiger partial charge in [-0.1, -0.05) is 38.2 Å². The van der Waals surface area contributed by atoms with Gasteiger partial charge in [0.05, 0.1) is 17.4 Å². The van der Waals surface area contributed by atoms with Crippen LogP contribution >= 0.6 is 0 Å². The summed E-state index contributed by atoms with van der Waals surface area (Å²) in [6.45, 7) is 5.26. The van der Waals surface area contributed by atoms with E-state index in [0.29, 0.717) is 46.7 Å². The van der Waals surface area contributed by atoms with E-state index < -0.39 is 0 Å². The van der Waals surface area contributed by atoms with Crippen LogP contribution in [-0.2, 0) is 0 Å². The van der Waals surface area contributed by atoms with Crippen LogP contribution in [0.5, 0.6) is 11.5 Å². The molecular weight excluding hydrogens is 433 g/mol. The smallest absolute Gasteiger partial charge is 0.231 e. The highest BCUT2D eigenvalue weighted by Crippen LogP contribution is 2.45. The van der Waals surface area contributed by atoms with Gasteiger partial charge in [0.25, 0.3) is 0 Å². The Bertz CT molecular complexity index is 904. The quantitative estimate of drug-likeness (QED) is 0.446. The lowest BCUT2D eigenvalue weighted by atomic mass is 9.74. The average Bonchev–Trinajstić information content (AvgIpc) is 3.19. The Morgan fingerprint density at radius 3 is 2.68 bits per heavy atom. The van der Waals surface area contributed by atoms with Crippen LogP contribution in [0.3, 0.4) is 0 Å². The van der Waals surface area contributed by atoms with Gasteiger partial charge in [-0.25, -0.2) is 4.39 Å². The highest BCUT2D eigenvalue weighted by molar-refractivity contribution is 5.78. The number of rotatable bonds is 5. The topological polar surface area (TPSA) is 78.6 Å². The molecule has 1 saturated heterocycles. The van der Waals surface area contributed by atoms with Gasteiger partial charge in [-0.3, -0.25) is 10.6 Å². The first kappa shape index (κ1) is 23.9. The van der Waals surface area contributed by atoms with Gasteiger partial charge in [-0.2, -0.15) is 0 Å². The predicted octanol–water partition coefficient (Wildman–Crippen LogP) is 3.73. The highest BCUT2D eigenvalue weighted by Gasteiger charge is 2.39. The van der Waals surface area contributed by atoms with E-state index >= 15 is 4.39 Å². The molecule has 0 aromatic heterocycles. The van der Waals surface area contributed by atoms with Crippen LogP contribution < -0.4 is 36.1 Å². The number of hydrogen-bond donors (Lipinski definition) is 5. The first-order valence-electron chi connectivity index (χ1n) is 13.1. The van der Waals surface area contributed by atoms with Crippen molar-refractivity contribution in [1.82, 2.24) is 21.3 Å². The molecule has 5 N–H and O–H groups in total. The van der Waals surface area contributed by atoms with Crippen molar-refractivity contribution in [1.29, 1.82) is 0 Å². The number of allylic oxidation sites excluding steroid dienone is 1. The van der Waals surface area contributed by atoms with E-state index in [-0.39, 0.29) is 25.1 Å². The van der Waals surface area contributed by atoms with Crippen LogP contribution in [0, 0.1) is 17.7 Å². The summed E-state index contributed by atoms with van der Waals surface area (Å²) >= 11 is 0. The molecule has 34 heavy (non-hydrogen) atoms. The number of ether oxygens (including phenoxy) is 2. The zero-order valence-electron chi connectivity index (χ0n) is 20.7. The molecule has 5 rings (SSSR count). The highest BCUT2D eigenvalue weighted by atomic mass is 19.1. The second-order valence-corrected chi connectivity index (χ2v) is 10.4. The minimum absolute atomic E-state index is 0.120. The first-order valence-corrected chi connectivity index (χ1v) is 13.1. The molecule has 0 spiro atoms. The molecule has 3 heterocycles. The summed E-state index contributed by atoms with van der Waals surface area (Å²) in [7, 11) is 2.01. The van der Waals surface area contributed by atoms with E-state index in [1.165, 1.54) is 32.1 Å². The average molecular weight is 474 g/mol. The van der Waals surface area contributed by atoms with Gasteiger partial charge in [-0.15, -0.1) is 0 Å². The molecular formula is C26H40FN5O2. The molecule has 2 fully saturated rings. The first-order chi connectivity index (χ1) is 16.5. The molecule has 0 radical (unpaired) electrons. The zero-order valence-corrected chi connectivity index (χ0v) is 20.7. The fourth-order valence-electron chi connectivity index (χ4n) is 6.31. The molecule has 4 unspecified atom stereocenters. The Kier molecular flexibility index (Phi) is 7.30. The molecule has 1 saturated carbocycles. The Morgan fingerprint density at radius 1 is 1.06 bits per heavy atom. The lowest BCUT2D eigenvalue weighted by molar-refractivity contribution is 0.0889. The molecule has 188 valence electrons. The summed E-state index contributed by atoms with van der Waals surface area (Å²) in [5.74, 6) is 2.03. The minimum atomic E-state index is -0.281. The van der Waals surface area contributed by atoms with Crippen molar-refractivity contribution in [2.45, 2.75) is 83.3 Å². The van der Waals surface area contributed by atoms with Crippen LogP contribution in [0.1, 0.15) is 64.4 Å². The van der Waals surface area contributed by atoms with E-state index in [2.05, 4.69) is 46.5 Å². The van der Waals surface area contributed by atoms with E-state index in [0.717, 1.165) is 25.0 Å². The van der Waals surface area contributed by atoms with Crippen LogP contribution in [0.15, 0.2) is 12.1 Å². The maximum atomic E-state index is 16.0. The van der Waals surface area contributed by atoms with Crippen molar-refractivity contribution in [2.24, 2.45) is 11.8 Å². The van der Waals surface area contributed by atoms with E-state index in [4.69, 9.17) is 9.47 Å². The van der Waals surface area contributed by atoms with Crippen molar-refractivity contribution in [3.05, 3.63) is 23.5 Å². The second kappa shape index (κ2) is 10.4. The number of fused-ring (bicyclic) bond motifs is 1. The fourth-order valence-corrected chi connectivity index (χ4v) is 6.31. The van der Waals surface area contributed by atoms with Crippen molar-refractivity contribution >= 4 is 11.3 Å². The third kappa shape index (κ3) is 4.78. The summed E-state index contributed by atoms with van der Waals surface area (Å²) in [5, 5.41) is 17.6. The monoisotopic (exact) mass is 473 g/mol. The zero-order chi connectivity index (χ0) is 23.7. The molecule has 0 amide bonds. The Labute approximate surface area is 202 Å². The lowest BCUT2D eigenvalue weighted by Gasteiger charge is -2.47. The van der Waals surface area contributed by atoms with E-state index in [1.807, 2.05) is 7.05 Å². The van der Waals surface area contributed by atoms with Crippen molar-refractivity contribution in [2.75, 3.05) is 25.7 Å². The lowest BCUT2D eigenvalue weighted by Crippen LogP contribution is -2.69. The maximum absolute atomic E-state index is 16.0. The Morgan fingerprint density at radius 2 is 1.88 bits per heavy atom. The molecule has 3 aliphatic heterocycles. The van der Waals surface area contributed by atoms with Gasteiger partial charge in [0.2, 0.25) is 6.79 Å². The van der Waals surface area contributed by atoms with Crippen LogP contribution in [0.2, 0.25) is 0 Å². The Hall–Kier alpha value is -1.87. The number of benzene rings is 1. The SMILES string of the molecule is CNC1NC(Nc2cc3c(c(C4=CCN[C@@H](C)CC4)c2F)OCO3)NC(C)C1C1CCCCC1. The van der Waals surface area contributed by atoms with Crippen molar-refractivity contribution in [3.8, 4) is 11.5 Å². The van der Waals surface area contributed by atoms with Gasteiger partial charge in [0.1, 0.15) is 6.29 Å². The molecule has 5 atom stereocenters. The predicted molar refractivity (Wildman–Crippen MR) is 133 cm³/mol. The largest absolute Gasteiger partial charge is 0.453 e. The fraction of sp³-hybridized carbons (Fsp3) is 0.692. The summed E-state index contributed by atoms with van der Waals surface area (Å²) in [6, 6.07) is 2.43. The second-order valence-electron chi connectivity index (χ2n) is 10.4. The molecule has 1 aliphatic carbocycles. The van der Waals surface area contributed by atoms with Crippen molar-refractivity contribution < 1.29 is 13.9 Å². The Balaban J connectivity index is 1.38. The standard InChI is InChI=1S/C26H40FN5O2/c1-15-9-10-18(11-12-29-15)22-23(27)19(13-20-24(22)34-14-33-20)31-26-30-16(2)21(25(28-3)32-26)17-7-5-4-6-8-17/h11,13,15-17,21,25-26,28-32H,4-10,12,14H2,1-3H3/t15-,16?,21?,25?,26?/m0/s1.